The molecule has 88 valence electrons. The van der Waals surface area contributed by atoms with Crippen molar-refractivity contribution in [3.63, 3.8) is 0 Å². The summed E-state index contributed by atoms with van der Waals surface area (Å²) in [5, 5.41) is 0. The van der Waals surface area contributed by atoms with Crippen LogP contribution in [0.25, 0.3) is 0 Å². The van der Waals surface area contributed by atoms with Crippen LogP contribution in [-0.2, 0) is 17.8 Å². The molecule has 0 N–H and O–H groups in total. The second-order valence-electron chi connectivity index (χ2n) is 3.33. The second-order valence-corrected chi connectivity index (χ2v) is 3.33. The van der Waals surface area contributed by atoms with E-state index in [9.17, 15) is 13.2 Å². The molecular weight excluding hydrogens is 217 g/mol. The number of hydrogen-bond donors (Lipinski definition) is 0. The summed E-state index contributed by atoms with van der Waals surface area (Å²) in [4.78, 5) is 0. The van der Waals surface area contributed by atoms with Crippen molar-refractivity contribution in [2.75, 3.05) is 0 Å². The van der Waals surface area contributed by atoms with Crippen LogP contribution in [0, 0.1) is 5.82 Å². The van der Waals surface area contributed by atoms with Gasteiger partial charge in [0.05, 0.1) is 0 Å². The predicted octanol–water partition coefficient (Wildman–Crippen LogP) is 3.68. The second kappa shape index (κ2) is 5.58. The van der Waals surface area contributed by atoms with Gasteiger partial charge in [0.15, 0.2) is 5.76 Å². The van der Waals surface area contributed by atoms with Gasteiger partial charge in [-0.2, -0.15) is 0 Å². The molecule has 0 aliphatic rings. The Morgan fingerprint density at radius 1 is 1.44 bits per heavy atom. The minimum Gasteiger partial charge on any atom is -0.488 e. The zero-order valence-electron chi connectivity index (χ0n) is 8.97. The number of rotatable bonds is 5. The molecule has 0 bridgehead atoms. The smallest absolute Gasteiger partial charge is 0.294 e. The maximum absolute atomic E-state index is 13.3. The van der Waals surface area contributed by atoms with Gasteiger partial charge in [0.25, 0.3) is 6.43 Å². The molecule has 1 aromatic rings. The third-order valence-electron chi connectivity index (χ3n) is 2.17. The molecule has 0 aromatic heterocycles. The van der Waals surface area contributed by atoms with Gasteiger partial charge in [-0.3, -0.25) is 0 Å². The molecule has 0 radical (unpaired) electrons. The molecule has 0 fully saturated rings. The zero-order chi connectivity index (χ0) is 12.1. The van der Waals surface area contributed by atoms with Crippen molar-refractivity contribution in [2.24, 2.45) is 0 Å². The van der Waals surface area contributed by atoms with Gasteiger partial charge in [-0.1, -0.05) is 25.6 Å². The highest BCUT2D eigenvalue weighted by molar-refractivity contribution is 5.24. The highest BCUT2D eigenvalue weighted by atomic mass is 19.3. The molecule has 0 aliphatic heterocycles. The first kappa shape index (κ1) is 12.6. The lowest BCUT2D eigenvalue weighted by atomic mass is 10.1. The van der Waals surface area contributed by atoms with E-state index in [4.69, 9.17) is 4.74 Å². The van der Waals surface area contributed by atoms with Crippen LogP contribution in [0.3, 0.4) is 0 Å². The summed E-state index contributed by atoms with van der Waals surface area (Å²) in [6, 6.07) is 4.57. The Balaban J connectivity index is 2.62. The molecule has 0 saturated heterocycles. The van der Waals surface area contributed by atoms with Crippen molar-refractivity contribution >= 4 is 0 Å². The van der Waals surface area contributed by atoms with Gasteiger partial charge in [0.2, 0.25) is 0 Å². The van der Waals surface area contributed by atoms with Gasteiger partial charge in [0, 0.05) is 0 Å². The summed E-state index contributed by atoms with van der Waals surface area (Å²) in [6.45, 7) is 4.81. The highest BCUT2D eigenvalue weighted by Gasteiger charge is 2.09. The third kappa shape index (κ3) is 3.29. The normalized spacial score (nSPS) is 10.6. The van der Waals surface area contributed by atoms with Crippen LogP contribution in [0.1, 0.15) is 18.1 Å². The number of aryl methyl sites for hydroxylation is 1. The lowest BCUT2D eigenvalue weighted by molar-refractivity contribution is 0.0769. The topological polar surface area (TPSA) is 9.23 Å². The Kier molecular flexibility index (Phi) is 4.40. The molecular formula is C12H13F3O. The third-order valence-corrected chi connectivity index (χ3v) is 2.17. The molecule has 1 rings (SSSR count). The SMILES string of the molecule is C=C(OCc1ccc(CC)c(F)c1)C(F)F. The lowest BCUT2D eigenvalue weighted by Gasteiger charge is -2.09. The number of alkyl halides is 2. The maximum Gasteiger partial charge on any atom is 0.294 e. The van der Waals surface area contributed by atoms with Crippen LogP contribution in [-0.4, -0.2) is 6.43 Å². The van der Waals surface area contributed by atoms with Crippen molar-refractivity contribution in [1.82, 2.24) is 0 Å². The van der Waals surface area contributed by atoms with Crippen molar-refractivity contribution < 1.29 is 17.9 Å². The summed E-state index contributed by atoms with van der Waals surface area (Å²) in [5.41, 5.74) is 1.10. The van der Waals surface area contributed by atoms with Crippen molar-refractivity contribution in [2.45, 2.75) is 26.4 Å². The average molecular weight is 230 g/mol. The monoisotopic (exact) mass is 230 g/mol. The first-order chi connectivity index (χ1) is 7.54. The number of halogens is 3. The van der Waals surface area contributed by atoms with E-state index >= 15 is 0 Å². The van der Waals surface area contributed by atoms with E-state index in [-0.39, 0.29) is 12.4 Å². The first-order valence-corrected chi connectivity index (χ1v) is 4.91. The molecule has 0 atom stereocenters. The Morgan fingerprint density at radius 3 is 2.62 bits per heavy atom. The molecule has 0 heterocycles. The van der Waals surface area contributed by atoms with Crippen LogP contribution in [0.4, 0.5) is 13.2 Å². The van der Waals surface area contributed by atoms with E-state index in [2.05, 4.69) is 6.58 Å². The quantitative estimate of drug-likeness (QED) is 0.701. The van der Waals surface area contributed by atoms with Crippen LogP contribution >= 0.6 is 0 Å². The summed E-state index contributed by atoms with van der Waals surface area (Å²) in [6.07, 6.45) is -2.11. The minimum absolute atomic E-state index is 0.0932. The van der Waals surface area contributed by atoms with Crippen LogP contribution < -0.4 is 0 Å². The van der Waals surface area contributed by atoms with E-state index in [1.807, 2.05) is 6.92 Å². The zero-order valence-corrected chi connectivity index (χ0v) is 8.97. The first-order valence-electron chi connectivity index (χ1n) is 4.91. The van der Waals surface area contributed by atoms with Gasteiger partial charge in [-0.05, 0) is 23.6 Å². The largest absolute Gasteiger partial charge is 0.488 e. The number of benzene rings is 1. The van der Waals surface area contributed by atoms with E-state index in [0.717, 1.165) is 0 Å². The van der Waals surface area contributed by atoms with Crippen LogP contribution in [0.2, 0.25) is 0 Å². The number of ether oxygens (including phenoxy) is 1. The lowest BCUT2D eigenvalue weighted by Crippen LogP contribution is -2.01. The average Bonchev–Trinajstić information content (AvgIpc) is 2.25. The molecule has 4 heteroatoms. The van der Waals surface area contributed by atoms with Gasteiger partial charge in [0.1, 0.15) is 12.4 Å². The summed E-state index contributed by atoms with van der Waals surface area (Å²) in [5.74, 6) is -0.939. The highest BCUT2D eigenvalue weighted by Crippen LogP contribution is 2.14. The van der Waals surface area contributed by atoms with Crippen LogP contribution in [0.5, 0.6) is 0 Å². The molecule has 0 saturated carbocycles. The summed E-state index contributed by atoms with van der Waals surface area (Å²) in [7, 11) is 0. The van der Waals surface area contributed by atoms with E-state index in [1.165, 1.54) is 6.07 Å². The van der Waals surface area contributed by atoms with Crippen molar-refractivity contribution in [1.29, 1.82) is 0 Å². The molecule has 1 aromatic carbocycles. The summed E-state index contributed by atoms with van der Waals surface area (Å²) >= 11 is 0. The summed E-state index contributed by atoms with van der Waals surface area (Å²) < 4.78 is 42.1. The molecule has 16 heavy (non-hydrogen) atoms. The predicted molar refractivity (Wildman–Crippen MR) is 55.7 cm³/mol. The maximum atomic E-state index is 13.3. The molecule has 0 spiro atoms. The Labute approximate surface area is 92.5 Å². The van der Waals surface area contributed by atoms with E-state index in [0.29, 0.717) is 17.5 Å². The fraction of sp³-hybridized carbons (Fsp3) is 0.333. The Hall–Kier alpha value is -1.45. The molecule has 0 amide bonds. The van der Waals surface area contributed by atoms with Gasteiger partial charge in [-0.25, -0.2) is 13.2 Å². The molecule has 0 aliphatic carbocycles. The van der Waals surface area contributed by atoms with Crippen molar-refractivity contribution in [3.05, 3.63) is 47.5 Å². The number of allylic oxidation sites excluding steroid dienone is 1. The molecule has 1 nitrogen and oxygen atoms in total. The Morgan fingerprint density at radius 2 is 2.12 bits per heavy atom. The number of hydrogen-bond acceptors (Lipinski definition) is 1. The fourth-order valence-electron chi connectivity index (χ4n) is 1.21. The van der Waals surface area contributed by atoms with Gasteiger partial charge >= 0.3 is 0 Å². The van der Waals surface area contributed by atoms with Gasteiger partial charge < -0.3 is 4.74 Å². The van der Waals surface area contributed by atoms with Gasteiger partial charge in [-0.15, -0.1) is 0 Å². The fourth-order valence-corrected chi connectivity index (χ4v) is 1.21. The van der Waals surface area contributed by atoms with Crippen LogP contribution in [0.15, 0.2) is 30.5 Å². The minimum atomic E-state index is -2.71. The Bertz CT molecular complexity index is 375. The molecule has 0 unspecified atom stereocenters. The van der Waals surface area contributed by atoms with Crippen molar-refractivity contribution in [3.8, 4) is 0 Å². The standard InChI is InChI=1S/C12H13F3O/c1-3-10-5-4-9(6-11(10)13)7-16-8(2)12(14)15/h4-6,12H,2-3,7H2,1H3. The van der Waals surface area contributed by atoms with E-state index < -0.39 is 12.2 Å². The van der Waals surface area contributed by atoms with E-state index in [1.54, 1.807) is 12.1 Å².